The molecule has 4 rings (SSSR count). The molecule has 2 amide bonds. The highest BCUT2D eigenvalue weighted by Gasteiger charge is 2.56. The van der Waals surface area contributed by atoms with Gasteiger partial charge in [0.2, 0.25) is 5.91 Å². The first-order chi connectivity index (χ1) is 15.1. The first-order valence-electron chi connectivity index (χ1n) is 11.3. The molecule has 1 aromatic carbocycles. The number of rotatable bonds is 8. The van der Waals surface area contributed by atoms with Crippen LogP contribution < -0.4 is 5.32 Å². The molecule has 2 saturated carbocycles. The van der Waals surface area contributed by atoms with Crippen molar-refractivity contribution in [1.29, 1.82) is 0 Å². The molecule has 1 saturated heterocycles. The Hall–Kier alpha value is -2.48. The molecule has 2 aliphatic carbocycles. The topological polar surface area (TPSA) is 95.9 Å². The Balaban J connectivity index is 1.50. The van der Waals surface area contributed by atoms with Crippen LogP contribution in [0.4, 0.5) is 4.39 Å². The number of aliphatic hydroxyl groups excluding tert-OH is 1. The summed E-state index contributed by atoms with van der Waals surface area (Å²) < 4.78 is 19.8. The van der Waals surface area contributed by atoms with Gasteiger partial charge in [-0.2, -0.15) is 0 Å². The van der Waals surface area contributed by atoms with Crippen molar-refractivity contribution < 1.29 is 28.6 Å². The number of nitrogens with zero attached hydrogens (tertiary/aromatic N) is 1. The fraction of sp³-hybridized carbons (Fsp3) is 0.625. The lowest BCUT2D eigenvalue weighted by atomic mass is 9.78. The van der Waals surface area contributed by atoms with Gasteiger partial charge < -0.3 is 20.1 Å². The predicted molar refractivity (Wildman–Crippen MR) is 114 cm³/mol. The van der Waals surface area contributed by atoms with E-state index in [4.69, 9.17) is 4.74 Å². The zero-order valence-corrected chi connectivity index (χ0v) is 18.6. The third-order valence-corrected chi connectivity index (χ3v) is 7.05. The third-order valence-electron chi connectivity index (χ3n) is 7.05. The second kappa shape index (κ2) is 8.46. The van der Waals surface area contributed by atoms with E-state index in [-0.39, 0.29) is 38.3 Å². The number of esters is 1. The summed E-state index contributed by atoms with van der Waals surface area (Å²) in [7, 11) is 0. The van der Waals surface area contributed by atoms with Gasteiger partial charge in [0, 0.05) is 13.0 Å². The molecule has 0 bridgehead atoms. The van der Waals surface area contributed by atoms with Gasteiger partial charge in [-0.25, -0.2) is 9.18 Å². The number of hydrogen-bond donors (Lipinski definition) is 2. The number of likely N-dealkylation sites (tertiary alicyclic amines) is 1. The number of amides is 2. The molecule has 1 heterocycles. The van der Waals surface area contributed by atoms with Crippen LogP contribution in [0.2, 0.25) is 0 Å². The minimum absolute atomic E-state index is 0.0299. The van der Waals surface area contributed by atoms with Crippen LogP contribution in [0.3, 0.4) is 0 Å². The molecule has 7 nitrogen and oxygen atoms in total. The summed E-state index contributed by atoms with van der Waals surface area (Å²) in [5.74, 6) is -1.62. The van der Waals surface area contributed by atoms with Crippen LogP contribution >= 0.6 is 0 Å². The Morgan fingerprint density at radius 2 is 1.91 bits per heavy atom. The summed E-state index contributed by atoms with van der Waals surface area (Å²) in [5, 5.41) is 12.9. The van der Waals surface area contributed by atoms with Gasteiger partial charge >= 0.3 is 5.97 Å². The second-order valence-electron chi connectivity index (χ2n) is 9.96. The zero-order valence-electron chi connectivity index (χ0n) is 18.6. The van der Waals surface area contributed by atoms with Crippen molar-refractivity contribution in [2.24, 2.45) is 11.3 Å². The largest absolute Gasteiger partial charge is 0.459 e. The van der Waals surface area contributed by atoms with Gasteiger partial charge in [0.05, 0.1) is 6.10 Å². The molecule has 1 aromatic rings. The summed E-state index contributed by atoms with van der Waals surface area (Å²) in [6.45, 7) is 3.81. The Morgan fingerprint density at radius 1 is 1.25 bits per heavy atom. The van der Waals surface area contributed by atoms with E-state index in [1.54, 1.807) is 0 Å². The molecular weight excluding hydrogens is 415 g/mol. The Bertz CT molecular complexity index is 882. The summed E-state index contributed by atoms with van der Waals surface area (Å²) in [6, 6.07) is 7.26. The highest BCUT2D eigenvalue weighted by molar-refractivity contribution is 5.95. The Labute approximate surface area is 187 Å². The number of aliphatic hydroxyl groups is 1. The van der Waals surface area contributed by atoms with Crippen molar-refractivity contribution in [3.05, 3.63) is 35.9 Å². The number of β-amino-alcohol motifs (C(OH)–C–C–N with tert-alkyl or cyclic N) is 1. The average molecular weight is 447 g/mol. The van der Waals surface area contributed by atoms with Gasteiger partial charge in [-0.1, -0.05) is 44.2 Å². The van der Waals surface area contributed by atoms with E-state index in [0.29, 0.717) is 0 Å². The minimum Gasteiger partial charge on any atom is -0.459 e. The summed E-state index contributed by atoms with van der Waals surface area (Å²) in [5.41, 5.74) is -1.70. The van der Waals surface area contributed by atoms with E-state index in [1.807, 2.05) is 44.2 Å². The quantitative estimate of drug-likeness (QED) is 0.597. The molecular formula is C24H31FN2O5. The average Bonchev–Trinajstić information content (AvgIpc) is 3.69. The molecule has 0 spiro atoms. The summed E-state index contributed by atoms with van der Waals surface area (Å²) >= 11 is 0. The molecule has 0 radical (unpaired) electrons. The monoisotopic (exact) mass is 446 g/mol. The second-order valence-corrected chi connectivity index (χ2v) is 9.96. The SMILES string of the molecule is CC(C)(C1CC1)[C@H](NC(=O)C1(F)CC1)C(=O)N1C[C@H](O)C[C@H]1C(=O)OCc1ccccc1. The number of halogens is 1. The molecule has 1 aliphatic heterocycles. The van der Waals surface area contributed by atoms with Crippen LogP contribution in [-0.2, 0) is 25.7 Å². The maximum atomic E-state index is 14.4. The van der Waals surface area contributed by atoms with Gasteiger partial charge in [0.15, 0.2) is 5.67 Å². The van der Waals surface area contributed by atoms with Gasteiger partial charge in [0.25, 0.3) is 5.91 Å². The van der Waals surface area contributed by atoms with Gasteiger partial charge in [-0.15, -0.1) is 0 Å². The molecule has 174 valence electrons. The van der Waals surface area contributed by atoms with Gasteiger partial charge in [-0.3, -0.25) is 9.59 Å². The van der Waals surface area contributed by atoms with Crippen LogP contribution in [0.5, 0.6) is 0 Å². The normalized spacial score (nSPS) is 25.2. The van der Waals surface area contributed by atoms with Crippen molar-refractivity contribution >= 4 is 17.8 Å². The van der Waals surface area contributed by atoms with Gasteiger partial charge in [0.1, 0.15) is 18.7 Å². The molecule has 2 N–H and O–H groups in total. The number of alkyl halides is 1. The number of ether oxygens (including phenoxy) is 1. The molecule has 8 heteroatoms. The smallest absolute Gasteiger partial charge is 0.329 e. The third kappa shape index (κ3) is 4.65. The lowest BCUT2D eigenvalue weighted by Gasteiger charge is -2.38. The van der Waals surface area contributed by atoms with Crippen molar-refractivity contribution in [1.82, 2.24) is 10.2 Å². The van der Waals surface area contributed by atoms with E-state index >= 15 is 0 Å². The zero-order chi connectivity index (χ0) is 23.1. The van der Waals surface area contributed by atoms with E-state index in [9.17, 15) is 23.9 Å². The fourth-order valence-corrected chi connectivity index (χ4v) is 4.50. The van der Waals surface area contributed by atoms with Gasteiger partial charge in [-0.05, 0) is 42.6 Å². The molecule has 3 aliphatic rings. The van der Waals surface area contributed by atoms with Crippen LogP contribution in [0.1, 0.15) is 51.5 Å². The number of benzene rings is 1. The van der Waals surface area contributed by atoms with Crippen molar-refractivity contribution in [3.8, 4) is 0 Å². The lowest BCUT2D eigenvalue weighted by Crippen LogP contribution is -2.59. The number of carbonyl (C=O) groups excluding carboxylic acids is 3. The van der Waals surface area contributed by atoms with Crippen molar-refractivity contribution in [2.45, 2.75) is 76.4 Å². The summed E-state index contributed by atoms with van der Waals surface area (Å²) in [6.07, 6.45) is 1.36. The standard InChI is InChI=1S/C24H31FN2O5/c1-23(2,16-8-9-16)19(26-22(31)24(25)10-11-24)20(29)27-13-17(28)12-18(27)21(30)32-14-15-6-4-3-5-7-15/h3-7,16-19,28H,8-14H2,1-2H3,(H,26,31)/t17-,18+,19-/m1/s1. The highest BCUT2D eigenvalue weighted by atomic mass is 19.1. The van der Waals surface area contributed by atoms with E-state index in [0.717, 1.165) is 18.4 Å². The maximum Gasteiger partial charge on any atom is 0.329 e. The fourth-order valence-electron chi connectivity index (χ4n) is 4.50. The summed E-state index contributed by atoms with van der Waals surface area (Å²) in [4.78, 5) is 40.2. The molecule has 0 aromatic heterocycles. The first-order valence-corrected chi connectivity index (χ1v) is 11.3. The van der Waals surface area contributed by atoms with E-state index < -0.39 is 47.1 Å². The molecule has 0 unspecified atom stereocenters. The van der Waals surface area contributed by atoms with Crippen LogP contribution in [0, 0.1) is 11.3 Å². The maximum absolute atomic E-state index is 14.4. The van der Waals surface area contributed by atoms with Crippen molar-refractivity contribution in [2.75, 3.05) is 6.54 Å². The van der Waals surface area contributed by atoms with Crippen LogP contribution in [0.25, 0.3) is 0 Å². The lowest BCUT2D eigenvalue weighted by molar-refractivity contribution is -0.156. The Morgan fingerprint density at radius 3 is 2.50 bits per heavy atom. The molecule has 3 fully saturated rings. The highest BCUT2D eigenvalue weighted by Crippen LogP contribution is 2.48. The van der Waals surface area contributed by atoms with Crippen molar-refractivity contribution in [3.63, 3.8) is 0 Å². The van der Waals surface area contributed by atoms with E-state index in [2.05, 4.69) is 5.32 Å². The number of hydrogen-bond acceptors (Lipinski definition) is 5. The minimum atomic E-state index is -1.91. The molecule has 3 atom stereocenters. The number of nitrogens with one attached hydrogen (secondary N) is 1. The number of carbonyl (C=O) groups is 3. The van der Waals surface area contributed by atoms with Crippen LogP contribution in [-0.4, -0.2) is 58.2 Å². The van der Waals surface area contributed by atoms with E-state index in [1.165, 1.54) is 4.90 Å². The molecule has 32 heavy (non-hydrogen) atoms. The first kappa shape index (κ1) is 22.7. The van der Waals surface area contributed by atoms with Crippen LogP contribution in [0.15, 0.2) is 30.3 Å². The predicted octanol–water partition coefficient (Wildman–Crippen LogP) is 2.11. The Kier molecular flexibility index (Phi) is 6.00.